The van der Waals surface area contributed by atoms with Gasteiger partial charge in [0.25, 0.3) is 0 Å². The van der Waals surface area contributed by atoms with E-state index in [2.05, 4.69) is 47.6 Å². The van der Waals surface area contributed by atoms with E-state index in [0.29, 0.717) is 12.4 Å². The minimum Gasteiger partial charge on any atom is -0.475 e. The Morgan fingerprint density at radius 1 is 1.33 bits per heavy atom. The summed E-state index contributed by atoms with van der Waals surface area (Å²) in [5.41, 5.74) is 1.06. The Bertz CT molecular complexity index is 492. The predicted molar refractivity (Wildman–Crippen MR) is 116 cm³/mol. The number of ether oxygens (including phenoxy) is 1. The fourth-order valence-electron chi connectivity index (χ4n) is 1.70. The second-order valence-corrected chi connectivity index (χ2v) is 7.70. The molecule has 138 valence electrons. The Morgan fingerprint density at radius 2 is 2.04 bits per heavy atom. The van der Waals surface area contributed by atoms with Gasteiger partial charge in [-0.25, -0.2) is 9.98 Å². The van der Waals surface area contributed by atoms with Gasteiger partial charge in [0.2, 0.25) is 5.88 Å². The molecule has 0 unspecified atom stereocenters. The van der Waals surface area contributed by atoms with Crippen LogP contribution in [0.5, 0.6) is 5.88 Å². The number of aliphatic imine (C=N–C) groups is 1. The summed E-state index contributed by atoms with van der Waals surface area (Å²) in [6.45, 7) is 12.8. The van der Waals surface area contributed by atoms with Crippen molar-refractivity contribution in [3.8, 4) is 5.88 Å². The number of pyridine rings is 1. The van der Waals surface area contributed by atoms with E-state index in [9.17, 15) is 0 Å². The maximum atomic E-state index is 5.55. The third kappa shape index (κ3) is 9.56. The van der Waals surface area contributed by atoms with Crippen molar-refractivity contribution in [2.45, 2.75) is 52.0 Å². The molecule has 1 rings (SSSR count). The van der Waals surface area contributed by atoms with E-state index < -0.39 is 0 Å². The maximum Gasteiger partial charge on any atom is 0.213 e. The first-order chi connectivity index (χ1) is 10.9. The van der Waals surface area contributed by atoms with Crippen LogP contribution in [-0.2, 0) is 6.54 Å². The monoisotopic (exact) mass is 466 g/mol. The molecule has 0 aromatic carbocycles. The van der Waals surface area contributed by atoms with Crippen molar-refractivity contribution in [3.05, 3.63) is 23.9 Å². The highest BCUT2D eigenvalue weighted by atomic mass is 127. The number of nitrogens with zero attached hydrogens (tertiary/aromatic N) is 2. The van der Waals surface area contributed by atoms with Crippen LogP contribution >= 0.6 is 35.7 Å². The van der Waals surface area contributed by atoms with Crippen molar-refractivity contribution in [1.82, 2.24) is 15.6 Å². The van der Waals surface area contributed by atoms with Gasteiger partial charge in [-0.2, -0.15) is 11.8 Å². The van der Waals surface area contributed by atoms with E-state index in [1.165, 1.54) is 0 Å². The number of hydrogen-bond donors (Lipinski definition) is 2. The number of nitrogens with one attached hydrogen (secondary N) is 2. The first-order valence-corrected chi connectivity index (χ1v) is 9.27. The van der Waals surface area contributed by atoms with Crippen LogP contribution in [0.25, 0.3) is 0 Å². The summed E-state index contributed by atoms with van der Waals surface area (Å²) in [6, 6.07) is 3.89. The molecule has 2 N–H and O–H groups in total. The predicted octanol–water partition coefficient (Wildman–Crippen LogP) is 3.68. The molecule has 7 heteroatoms. The van der Waals surface area contributed by atoms with Gasteiger partial charge >= 0.3 is 0 Å². The average molecular weight is 466 g/mol. The van der Waals surface area contributed by atoms with Crippen LogP contribution in [0.3, 0.4) is 0 Å². The molecule has 0 bridgehead atoms. The molecule has 24 heavy (non-hydrogen) atoms. The summed E-state index contributed by atoms with van der Waals surface area (Å²) in [5, 5.41) is 6.66. The topological polar surface area (TPSA) is 58.5 Å². The van der Waals surface area contributed by atoms with Gasteiger partial charge in [-0.15, -0.1) is 24.0 Å². The molecule has 0 aliphatic carbocycles. The standard InChI is InChI=1S/C17H30N4OS.HI/c1-7-18-16(21-12-17(4,5)23-6)20-11-14-8-9-15(19-10-14)22-13(2)3;/h8-10,13H,7,11-12H2,1-6H3,(H2,18,20,21);1H. The lowest BCUT2D eigenvalue weighted by Crippen LogP contribution is -2.43. The van der Waals surface area contributed by atoms with Crippen LogP contribution in [0.1, 0.15) is 40.2 Å². The van der Waals surface area contributed by atoms with Crippen LogP contribution in [0.4, 0.5) is 0 Å². The molecule has 0 saturated carbocycles. The smallest absolute Gasteiger partial charge is 0.213 e. The Morgan fingerprint density at radius 3 is 2.54 bits per heavy atom. The zero-order valence-corrected chi connectivity index (χ0v) is 18.7. The number of rotatable bonds is 8. The van der Waals surface area contributed by atoms with Gasteiger partial charge in [0.1, 0.15) is 0 Å². The van der Waals surface area contributed by atoms with Crippen LogP contribution < -0.4 is 15.4 Å². The summed E-state index contributed by atoms with van der Waals surface area (Å²) in [4.78, 5) is 8.92. The van der Waals surface area contributed by atoms with Crippen molar-refractivity contribution < 1.29 is 4.74 Å². The second-order valence-electron chi connectivity index (χ2n) is 6.18. The molecular weight excluding hydrogens is 435 g/mol. The molecule has 0 radical (unpaired) electrons. The number of guanidine groups is 1. The lowest BCUT2D eigenvalue weighted by atomic mass is 10.2. The third-order valence-corrected chi connectivity index (χ3v) is 4.40. The van der Waals surface area contributed by atoms with Crippen molar-refractivity contribution >= 4 is 41.7 Å². The quantitative estimate of drug-likeness (QED) is 0.348. The number of thioether (sulfide) groups is 1. The zero-order chi connectivity index (χ0) is 17.3. The van der Waals surface area contributed by atoms with Gasteiger partial charge in [0.05, 0.1) is 12.6 Å². The number of aromatic nitrogens is 1. The molecule has 0 spiro atoms. The van der Waals surface area contributed by atoms with Crippen molar-refractivity contribution in [2.24, 2.45) is 4.99 Å². The average Bonchev–Trinajstić information content (AvgIpc) is 2.51. The van der Waals surface area contributed by atoms with Crippen LogP contribution in [0, 0.1) is 0 Å². The van der Waals surface area contributed by atoms with E-state index in [4.69, 9.17) is 4.74 Å². The zero-order valence-electron chi connectivity index (χ0n) is 15.5. The fraction of sp³-hybridized carbons (Fsp3) is 0.647. The molecule has 0 aliphatic rings. The summed E-state index contributed by atoms with van der Waals surface area (Å²) in [6.07, 6.45) is 4.07. The van der Waals surface area contributed by atoms with Crippen LogP contribution in [0.2, 0.25) is 0 Å². The lowest BCUT2D eigenvalue weighted by molar-refractivity contribution is 0.232. The Labute approximate surface area is 167 Å². The minimum atomic E-state index is 0. The SMILES string of the molecule is CCNC(=NCc1ccc(OC(C)C)nc1)NCC(C)(C)SC.I. The number of halogens is 1. The molecule has 0 atom stereocenters. The van der Waals surface area contributed by atoms with E-state index in [0.717, 1.165) is 24.6 Å². The van der Waals surface area contributed by atoms with Gasteiger partial charge in [-0.05, 0) is 46.4 Å². The van der Waals surface area contributed by atoms with Gasteiger partial charge in [-0.1, -0.05) is 6.07 Å². The Kier molecular flexibility index (Phi) is 11.4. The Hall–Kier alpha value is -0.700. The molecule has 5 nitrogen and oxygen atoms in total. The molecule has 0 fully saturated rings. The summed E-state index contributed by atoms with van der Waals surface area (Å²) in [5.74, 6) is 1.48. The van der Waals surface area contributed by atoms with E-state index >= 15 is 0 Å². The van der Waals surface area contributed by atoms with Gasteiger partial charge in [0, 0.05) is 30.1 Å². The van der Waals surface area contributed by atoms with E-state index in [1.54, 1.807) is 0 Å². The molecular formula is C17H31IN4OS. The molecule has 0 saturated heterocycles. The largest absolute Gasteiger partial charge is 0.475 e. The highest BCUT2D eigenvalue weighted by molar-refractivity contribution is 14.0. The summed E-state index contributed by atoms with van der Waals surface area (Å²) >= 11 is 1.84. The lowest BCUT2D eigenvalue weighted by Gasteiger charge is -2.23. The van der Waals surface area contributed by atoms with E-state index in [-0.39, 0.29) is 34.8 Å². The normalized spacial score (nSPS) is 11.9. The molecule has 1 heterocycles. The van der Waals surface area contributed by atoms with Gasteiger partial charge in [-0.3, -0.25) is 0 Å². The number of hydrogen-bond acceptors (Lipinski definition) is 4. The van der Waals surface area contributed by atoms with Crippen LogP contribution in [0.15, 0.2) is 23.3 Å². The Balaban J connectivity index is 0.00000529. The van der Waals surface area contributed by atoms with Gasteiger partial charge < -0.3 is 15.4 Å². The summed E-state index contributed by atoms with van der Waals surface area (Å²) < 4.78 is 5.72. The minimum absolute atomic E-state index is 0. The van der Waals surface area contributed by atoms with Gasteiger partial charge in [0.15, 0.2) is 5.96 Å². The first-order valence-electron chi connectivity index (χ1n) is 8.05. The highest BCUT2D eigenvalue weighted by Gasteiger charge is 2.16. The van der Waals surface area contributed by atoms with Crippen molar-refractivity contribution in [3.63, 3.8) is 0 Å². The third-order valence-electron chi connectivity index (χ3n) is 3.15. The van der Waals surface area contributed by atoms with Crippen LogP contribution in [-0.4, -0.2) is 41.1 Å². The highest BCUT2D eigenvalue weighted by Crippen LogP contribution is 2.19. The molecule has 1 aromatic rings. The second kappa shape index (κ2) is 11.8. The molecule has 1 aromatic heterocycles. The molecule has 0 aliphatic heterocycles. The first kappa shape index (κ1) is 23.3. The summed E-state index contributed by atoms with van der Waals surface area (Å²) in [7, 11) is 0. The van der Waals surface area contributed by atoms with Crippen molar-refractivity contribution in [2.75, 3.05) is 19.3 Å². The fourth-order valence-corrected chi connectivity index (χ4v) is 1.91. The molecule has 0 amide bonds. The van der Waals surface area contributed by atoms with Crippen molar-refractivity contribution in [1.29, 1.82) is 0 Å². The maximum absolute atomic E-state index is 5.55. The van der Waals surface area contributed by atoms with E-state index in [1.807, 2.05) is 43.9 Å².